The Morgan fingerprint density at radius 2 is 1.81 bits per heavy atom. The Hall–Kier alpha value is -3.13. The first kappa shape index (κ1) is 21.1. The summed E-state index contributed by atoms with van der Waals surface area (Å²) in [5.41, 5.74) is 4.46. The number of nitriles is 1. The predicted molar refractivity (Wildman–Crippen MR) is 121 cm³/mol. The summed E-state index contributed by atoms with van der Waals surface area (Å²) in [6, 6.07) is 15.3. The molecule has 0 spiro atoms. The van der Waals surface area contributed by atoms with Crippen molar-refractivity contribution in [3.05, 3.63) is 64.7 Å². The van der Waals surface area contributed by atoms with Gasteiger partial charge in [0.15, 0.2) is 0 Å². The molecule has 2 amide bonds. The molecule has 2 heterocycles. The quantitative estimate of drug-likeness (QED) is 0.746. The van der Waals surface area contributed by atoms with Crippen LogP contribution in [0.2, 0.25) is 0 Å². The molecule has 31 heavy (non-hydrogen) atoms. The molecule has 0 aromatic heterocycles. The van der Waals surface area contributed by atoms with Crippen LogP contribution in [0.3, 0.4) is 0 Å². The number of anilines is 1. The SMILES string of the molecule is CC1CCN(C(=O)c2ccc3c(c2)CCCN3C(=O)CCc2ccc(C#N)cc2)CC1. The second-order valence-corrected chi connectivity index (χ2v) is 8.78. The Bertz CT molecular complexity index is 998. The highest BCUT2D eigenvalue weighted by atomic mass is 16.2. The molecule has 0 saturated carbocycles. The topological polar surface area (TPSA) is 64.4 Å². The number of fused-ring (bicyclic) bond motifs is 1. The van der Waals surface area contributed by atoms with Gasteiger partial charge in [-0.15, -0.1) is 0 Å². The predicted octanol–water partition coefficient (Wildman–Crippen LogP) is 4.34. The van der Waals surface area contributed by atoms with Gasteiger partial charge in [0.2, 0.25) is 5.91 Å². The summed E-state index contributed by atoms with van der Waals surface area (Å²) in [6.07, 6.45) is 5.02. The lowest BCUT2D eigenvalue weighted by atomic mass is 9.96. The molecule has 0 radical (unpaired) electrons. The van der Waals surface area contributed by atoms with Crippen LogP contribution < -0.4 is 4.90 Å². The standard InChI is InChI=1S/C26H29N3O2/c1-19-12-15-28(16-13-19)26(31)23-9-10-24-22(17-23)3-2-14-29(24)25(30)11-8-20-4-6-21(18-27)7-5-20/h4-7,9-10,17,19H,2-3,8,11-16H2,1H3. The lowest BCUT2D eigenvalue weighted by Crippen LogP contribution is -2.38. The number of nitrogens with zero attached hydrogens (tertiary/aromatic N) is 3. The van der Waals surface area contributed by atoms with Gasteiger partial charge in [0.25, 0.3) is 5.91 Å². The maximum Gasteiger partial charge on any atom is 0.253 e. The van der Waals surface area contributed by atoms with Crippen molar-refractivity contribution in [3.63, 3.8) is 0 Å². The molecule has 1 saturated heterocycles. The van der Waals surface area contributed by atoms with E-state index < -0.39 is 0 Å². The summed E-state index contributed by atoms with van der Waals surface area (Å²) >= 11 is 0. The van der Waals surface area contributed by atoms with E-state index in [1.165, 1.54) is 0 Å². The molecule has 0 N–H and O–H groups in total. The molecular formula is C26H29N3O2. The molecule has 2 aromatic rings. The maximum absolute atomic E-state index is 13.0. The van der Waals surface area contributed by atoms with Gasteiger partial charge < -0.3 is 9.80 Å². The highest BCUT2D eigenvalue weighted by Gasteiger charge is 2.25. The maximum atomic E-state index is 13.0. The largest absolute Gasteiger partial charge is 0.339 e. The number of likely N-dealkylation sites (tertiary alicyclic amines) is 1. The molecule has 0 bridgehead atoms. The molecule has 1 fully saturated rings. The average Bonchev–Trinajstić information content (AvgIpc) is 2.82. The van der Waals surface area contributed by atoms with Crippen LogP contribution in [-0.2, 0) is 17.6 Å². The lowest BCUT2D eigenvalue weighted by Gasteiger charge is -2.32. The fourth-order valence-electron chi connectivity index (χ4n) is 4.52. The number of hydrogen-bond donors (Lipinski definition) is 0. The fourth-order valence-corrected chi connectivity index (χ4v) is 4.52. The zero-order chi connectivity index (χ0) is 21.8. The zero-order valence-corrected chi connectivity index (χ0v) is 18.1. The number of aryl methyl sites for hydroxylation is 2. The molecule has 0 atom stereocenters. The molecule has 0 unspecified atom stereocenters. The molecule has 2 aliphatic heterocycles. The van der Waals surface area contributed by atoms with E-state index in [1.807, 2.05) is 40.1 Å². The summed E-state index contributed by atoms with van der Waals surface area (Å²) in [5, 5.41) is 8.91. The van der Waals surface area contributed by atoms with Crippen molar-refractivity contribution >= 4 is 17.5 Å². The van der Waals surface area contributed by atoms with Crippen LogP contribution in [0.5, 0.6) is 0 Å². The molecule has 2 aromatic carbocycles. The second kappa shape index (κ2) is 9.34. The van der Waals surface area contributed by atoms with Crippen molar-refractivity contribution in [2.24, 2.45) is 5.92 Å². The van der Waals surface area contributed by atoms with Crippen molar-refractivity contribution in [1.82, 2.24) is 4.90 Å². The number of carbonyl (C=O) groups is 2. The van der Waals surface area contributed by atoms with E-state index >= 15 is 0 Å². The lowest BCUT2D eigenvalue weighted by molar-refractivity contribution is -0.118. The van der Waals surface area contributed by atoms with Crippen LogP contribution in [0.25, 0.3) is 0 Å². The summed E-state index contributed by atoms with van der Waals surface area (Å²) in [7, 11) is 0. The van der Waals surface area contributed by atoms with E-state index in [4.69, 9.17) is 5.26 Å². The summed E-state index contributed by atoms with van der Waals surface area (Å²) in [5.74, 6) is 0.907. The van der Waals surface area contributed by atoms with Crippen LogP contribution in [0.1, 0.15) is 59.7 Å². The van der Waals surface area contributed by atoms with Crippen molar-refractivity contribution in [1.29, 1.82) is 5.26 Å². The van der Waals surface area contributed by atoms with Crippen molar-refractivity contribution in [2.45, 2.75) is 45.4 Å². The van der Waals surface area contributed by atoms with E-state index in [2.05, 4.69) is 13.0 Å². The minimum Gasteiger partial charge on any atom is -0.339 e. The third-order valence-corrected chi connectivity index (χ3v) is 6.53. The van der Waals surface area contributed by atoms with Gasteiger partial charge in [-0.05, 0) is 79.5 Å². The third kappa shape index (κ3) is 4.80. The van der Waals surface area contributed by atoms with E-state index in [0.717, 1.165) is 67.7 Å². The molecule has 5 heteroatoms. The van der Waals surface area contributed by atoms with E-state index in [9.17, 15) is 9.59 Å². The van der Waals surface area contributed by atoms with Gasteiger partial charge in [-0.2, -0.15) is 5.26 Å². The summed E-state index contributed by atoms with van der Waals surface area (Å²) in [4.78, 5) is 29.7. The normalized spacial score (nSPS) is 16.5. The van der Waals surface area contributed by atoms with E-state index in [1.54, 1.807) is 12.1 Å². The Morgan fingerprint density at radius 3 is 2.52 bits per heavy atom. The third-order valence-electron chi connectivity index (χ3n) is 6.53. The van der Waals surface area contributed by atoms with Crippen molar-refractivity contribution in [2.75, 3.05) is 24.5 Å². The Kier molecular flexibility index (Phi) is 6.36. The highest BCUT2D eigenvalue weighted by molar-refractivity contribution is 5.98. The van der Waals surface area contributed by atoms with Gasteiger partial charge in [0, 0.05) is 37.3 Å². The highest BCUT2D eigenvalue weighted by Crippen LogP contribution is 2.30. The number of hydrogen-bond acceptors (Lipinski definition) is 3. The van der Waals surface area contributed by atoms with Gasteiger partial charge in [-0.25, -0.2) is 0 Å². The monoisotopic (exact) mass is 415 g/mol. The van der Waals surface area contributed by atoms with Crippen LogP contribution in [0.4, 0.5) is 5.69 Å². The van der Waals surface area contributed by atoms with Crippen LogP contribution in [0.15, 0.2) is 42.5 Å². The number of benzene rings is 2. The number of carbonyl (C=O) groups excluding carboxylic acids is 2. The second-order valence-electron chi connectivity index (χ2n) is 8.78. The molecule has 160 valence electrons. The molecule has 5 nitrogen and oxygen atoms in total. The average molecular weight is 416 g/mol. The van der Waals surface area contributed by atoms with Crippen LogP contribution in [-0.4, -0.2) is 36.3 Å². The van der Waals surface area contributed by atoms with E-state index in [-0.39, 0.29) is 11.8 Å². The van der Waals surface area contributed by atoms with Gasteiger partial charge in [0.1, 0.15) is 0 Å². The minimum atomic E-state index is 0.106. The molecule has 2 aliphatic rings. The van der Waals surface area contributed by atoms with Crippen molar-refractivity contribution < 1.29 is 9.59 Å². The van der Waals surface area contributed by atoms with Crippen molar-refractivity contribution in [3.8, 4) is 6.07 Å². The molecule has 0 aliphatic carbocycles. The summed E-state index contributed by atoms with van der Waals surface area (Å²) < 4.78 is 0. The number of piperidine rings is 1. The first-order valence-electron chi connectivity index (χ1n) is 11.3. The number of rotatable bonds is 4. The minimum absolute atomic E-state index is 0.106. The Balaban J connectivity index is 1.43. The first-order valence-corrected chi connectivity index (χ1v) is 11.3. The van der Waals surface area contributed by atoms with Gasteiger partial charge in [-0.3, -0.25) is 9.59 Å². The van der Waals surface area contributed by atoms with Crippen LogP contribution in [0, 0.1) is 17.2 Å². The number of amides is 2. The molecule has 4 rings (SSSR count). The zero-order valence-electron chi connectivity index (χ0n) is 18.1. The van der Waals surface area contributed by atoms with Gasteiger partial charge in [0.05, 0.1) is 11.6 Å². The fraction of sp³-hybridized carbons (Fsp3) is 0.423. The van der Waals surface area contributed by atoms with E-state index in [0.29, 0.717) is 24.3 Å². The van der Waals surface area contributed by atoms with Crippen LogP contribution >= 0.6 is 0 Å². The summed E-state index contributed by atoms with van der Waals surface area (Å²) in [6.45, 7) is 4.62. The Labute approximate surface area is 184 Å². The Morgan fingerprint density at radius 1 is 1.06 bits per heavy atom. The molecular weight excluding hydrogens is 386 g/mol. The van der Waals surface area contributed by atoms with Gasteiger partial charge in [-0.1, -0.05) is 19.1 Å². The smallest absolute Gasteiger partial charge is 0.253 e. The first-order chi connectivity index (χ1) is 15.0. The van der Waals surface area contributed by atoms with Gasteiger partial charge >= 0.3 is 0 Å².